The molecule has 0 atom stereocenters. The molecule has 0 heterocycles. The molecule has 4 aromatic rings. The molecule has 0 N–H and O–H groups in total. The van der Waals surface area contributed by atoms with E-state index in [1.165, 1.54) is 10.8 Å². The highest BCUT2D eigenvalue weighted by atomic mass is 28.3. The summed E-state index contributed by atoms with van der Waals surface area (Å²) in [6, 6.07) is 33.8. The van der Waals surface area contributed by atoms with Gasteiger partial charge in [-0.15, -0.1) is 5.54 Å². The third kappa shape index (κ3) is 5.08. The molecule has 4 rings (SSSR count). The van der Waals surface area contributed by atoms with Crippen molar-refractivity contribution in [2.75, 3.05) is 0 Å². The second-order valence-electron chi connectivity index (χ2n) is 10.5. The first-order valence-electron chi connectivity index (χ1n) is 13.1. The molecule has 0 radical (unpaired) electrons. The lowest BCUT2D eigenvalue weighted by Crippen LogP contribution is -2.43. The summed E-state index contributed by atoms with van der Waals surface area (Å²) in [5, 5.41) is 2.37. The Kier molecular flexibility index (Phi) is 7.92. The van der Waals surface area contributed by atoms with Gasteiger partial charge in [0.1, 0.15) is 8.07 Å². The van der Waals surface area contributed by atoms with Crippen molar-refractivity contribution in [2.45, 2.75) is 58.2 Å². The topological polar surface area (TPSA) is 12.4 Å². The van der Waals surface area contributed by atoms with Gasteiger partial charge >= 0.3 is 0 Å². The van der Waals surface area contributed by atoms with Gasteiger partial charge < -0.3 is 0 Å². The lowest BCUT2D eigenvalue weighted by Gasteiger charge is -2.38. The average molecular weight is 488 g/mol. The smallest absolute Gasteiger partial charge is 0.146 e. The highest BCUT2D eigenvalue weighted by molar-refractivity contribution is 6.90. The van der Waals surface area contributed by atoms with Crippen LogP contribution in [0.3, 0.4) is 0 Å². The van der Waals surface area contributed by atoms with Crippen LogP contribution in [0.1, 0.15) is 58.2 Å². The van der Waals surface area contributed by atoms with E-state index < -0.39 is 8.07 Å². The zero-order valence-electron chi connectivity index (χ0n) is 22.4. The number of hydrogen-bond acceptors (Lipinski definition) is 1. The summed E-state index contributed by atoms with van der Waals surface area (Å²) in [6.07, 6.45) is 0. The Hall–Kier alpha value is -3.41. The van der Waals surface area contributed by atoms with E-state index in [4.69, 9.17) is 4.99 Å². The van der Waals surface area contributed by atoms with Gasteiger partial charge in [0, 0.05) is 11.1 Å². The molecule has 0 aliphatic heterocycles. The zero-order valence-corrected chi connectivity index (χ0v) is 23.4. The molecule has 1 nitrogen and oxygen atoms in total. The second-order valence-corrected chi connectivity index (χ2v) is 16.1. The first-order valence-corrected chi connectivity index (χ1v) is 15.3. The van der Waals surface area contributed by atoms with Crippen LogP contribution in [0, 0.1) is 11.5 Å². The first-order chi connectivity index (χ1) is 17.3. The minimum absolute atomic E-state index is 0.580. The predicted octanol–water partition coefficient (Wildman–Crippen LogP) is 9.58. The maximum absolute atomic E-state index is 5.31. The summed E-state index contributed by atoms with van der Waals surface area (Å²) >= 11 is 0. The molecular formula is C34H37NSi. The van der Waals surface area contributed by atoms with Crippen molar-refractivity contribution in [3.05, 3.63) is 114 Å². The summed E-state index contributed by atoms with van der Waals surface area (Å²) in [5.74, 6) is 3.75. The van der Waals surface area contributed by atoms with E-state index in [1.54, 1.807) is 0 Å². The van der Waals surface area contributed by atoms with Gasteiger partial charge in [0.15, 0.2) is 0 Å². The van der Waals surface area contributed by atoms with Crippen molar-refractivity contribution in [1.82, 2.24) is 0 Å². The van der Waals surface area contributed by atoms with Crippen LogP contribution in [0.15, 0.2) is 102 Å². The van der Waals surface area contributed by atoms with Gasteiger partial charge in [0.05, 0.1) is 17.0 Å². The molecule has 0 unspecified atom stereocenters. The van der Waals surface area contributed by atoms with E-state index in [0.717, 1.165) is 28.1 Å². The lowest BCUT2D eigenvalue weighted by atomic mass is 10.0. The quantitative estimate of drug-likeness (QED) is 0.146. The zero-order chi connectivity index (χ0) is 25.7. The van der Waals surface area contributed by atoms with Crippen molar-refractivity contribution in [3.8, 4) is 11.5 Å². The SMILES string of the molecule is CC(C)[Si](C#Cc1c(N=C(c2ccccc2)c2ccccc2)ccc2ccccc12)(C(C)C)C(C)C. The van der Waals surface area contributed by atoms with Gasteiger partial charge in [-0.3, -0.25) is 0 Å². The number of aliphatic imine (C=N–C) groups is 1. The van der Waals surface area contributed by atoms with Gasteiger partial charge in [-0.2, -0.15) is 0 Å². The van der Waals surface area contributed by atoms with E-state index in [-0.39, 0.29) is 0 Å². The van der Waals surface area contributed by atoms with E-state index in [9.17, 15) is 0 Å². The fourth-order valence-corrected chi connectivity index (χ4v) is 10.9. The molecule has 36 heavy (non-hydrogen) atoms. The molecular weight excluding hydrogens is 450 g/mol. The van der Waals surface area contributed by atoms with E-state index in [0.29, 0.717) is 16.6 Å². The molecule has 2 heteroatoms. The van der Waals surface area contributed by atoms with E-state index >= 15 is 0 Å². The summed E-state index contributed by atoms with van der Waals surface area (Å²) in [4.78, 5) is 5.31. The fourth-order valence-electron chi connectivity index (χ4n) is 5.70. The maximum Gasteiger partial charge on any atom is 0.146 e. The Morgan fingerprint density at radius 3 is 1.64 bits per heavy atom. The Balaban J connectivity index is 2.01. The first kappa shape index (κ1) is 25.7. The van der Waals surface area contributed by atoms with Crippen LogP contribution in [0.4, 0.5) is 5.69 Å². The minimum atomic E-state index is -1.90. The summed E-state index contributed by atoms with van der Waals surface area (Å²) in [5.41, 5.74) is 10.8. The Labute approximate surface area is 218 Å². The van der Waals surface area contributed by atoms with Crippen molar-refractivity contribution in [1.29, 1.82) is 0 Å². The van der Waals surface area contributed by atoms with Crippen molar-refractivity contribution >= 4 is 30.2 Å². The number of hydrogen-bond donors (Lipinski definition) is 0. The number of benzene rings is 4. The van der Waals surface area contributed by atoms with Crippen molar-refractivity contribution in [3.63, 3.8) is 0 Å². The van der Waals surface area contributed by atoms with Crippen LogP contribution in [0.5, 0.6) is 0 Å². The van der Waals surface area contributed by atoms with Crippen LogP contribution < -0.4 is 0 Å². The van der Waals surface area contributed by atoms with Gasteiger partial charge in [0.2, 0.25) is 0 Å². The molecule has 0 saturated carbocycles. The van der Waals surface area contributed by atoms with Gasteiger partial charge in [-0.25, -0.2) is 4.99 Å². The number of nitrogens with zero attached hydrogens (tertiary/aromatic N) is 1. The highest BCUT2D eigenvalue weighted by Crippen LogP contribution is 2.41. The highest BCUT2D eigenvalue weighted by Gasteiger charge is 2.41. The standard InChI is InChI=1S/C34H37NSi/c1-25(2)36(26(3)4,27(5)6)24-23-32-31-20-14-13-15-28(31)21-22-33(32)35-34(29-16-9-7-10-17-29)30-18-11-8-12-19-30/h7-22,25-27H,1-6H3. The molecule has 0 fully saturated rings. The largest absolute Gasteiger partial charge is 0.246 e. The predicted molar refractivity (Wildman–Crippen MR) is 160 cm³/mol. The van der Waals surface area contributed by atoms with Gasteiger partial charge in [0.25, 0.3) is 0 Å². The van der Waals surface area contributed by atoms with Gasteiger partial charge in [-0.05, 0) is 33.5 Å². The Morgan fingerprint density at radius 2 is 1.11 bits per heavy atom. The molecule has 0 aliphatic carbocycles. The normalized spacial score (nSPS) is 11.6. The molecule has 0 spiro atoms. The van der Waals surface area contributed by atoms with Crippen LogP contribution in [0.25, 0.3) is 10.8 Å². The summed E-state index contributed by atoms with van der Waals surface area (Å²) in [7, 11) is -1.90. The van der Waals surface area contributed by atoms with E-state index in [2.05, 4.69) is 138 Å². The van der Waals surface area contributed by atoms with Crippen molar-refractivity contribution < 1.29 is 0 Å². The van der Waals surface area contributed by atoms with Crippen LogP contribution in [-0.4, -0.2) is 13.8 Å². The van der Waals surface area contributed by atoms with Gasteiger partial charge in [-0.1, -0.05) is 138 Å². The molecule has 0 aromatic heterocycles. The monoisotopic (exact) mass is 487 g/mol. The summed E-state index contributed by atoms with van der Waals surface area (Å²) in [6.45, 7) is 14.2. The Morgan fingerprint density at radius 1 is 0.611 bits per heavy atom. The van der Waals surface area contributed by atoms with Crippen LogP contribution in [-0.2, 0) is 0 Å². The molecule has 4 aromatic carbocycles. The second kappa shape index (κ2) is 11.1. The number of rotatable bonds is 6. The maximum atomic E-state index is 5.31. The third-order valence-electron chi connectivity index (χ3n) is 7.50. The third-order valence-corrected chi connectivity index (χ3v) is 13.8. The van der Waals surface area contributed by atoms with Crippen LogP contribution in [0.2, 0.25) is 16.6 Å². The number of fused-ring (bicyclic) bond motifs is 1. The summed E-state index contributed by atoms with van der Waals surface area (Å²) < 4.78 is 0. The fraction of sp³-hybridized carbons (Fsp3) is 0.265. The lowest BCUT2D eigenvalue weighted by molar-refractivity contribution is 0.838. The average Bonchev–Trinajstić information content (AvgIpc) is 2.88. The van der Waals surface area contributed by atoms with Crippen LogP contribution >= 0.6 is 0 Å². The Bertz CT molecular complexity index is 1340. The molecule has 0 saturated heterocycles. The van der Waals surface area contributed by atoms with Crippen molar-refractivity contribution in [2.24, 2.45) is 4.99 Å². The molecule has 0 aliphatic rings. The molecule has 182 valence electrons. The minimum Gasteiger partial charge on any atom is -0.246 e. The molecule has 0 amide bonds. The molecule has 0 bridgehead atoms. The van der Waals surface area contributed by atoms with E-state index in [1.807, 2.05) is 12.1 Å².